The highest BCUT2D eigenvalue weighted by atomic mass is 32.2. The van der Waals surface area contributed by atoms with Crippen LogP contribution < -0.4 is 0 Å². The Morgan fingerprint density at radius 3 is 3.00 bits per heavy atom. The molecule has 4 heteroatoms. The molecule has 1 heterocycles. The molecule has 1 N–H and O–H groups in total. The highest BCUT2D eigenvalue weighted by molar-refractivity contribution is 8.13. The Morgan fingerprint density at radius 2 is 2.29 bits per heavy atom. The van der Waals surface area contributed by atoms with E-state index in [1.165, 1.54) is 0 Å². The van der Waals surface area contributed by atoms with Crippen molar-refractivity contribution in [3.05, 3.63) is 24.3 Å². The van der Waals surface area contributed by atoms with E-state index in [0.29, 0.717) is 11.6 Å². The molecule has 0 atom stereocenters. The second-order valence-corrected chi connectivity index (χ2v) is 3.93. The molecule has 0 saturated heterocycles. The first-order chi connectivity index (χ1) is 6.79. The summed E-state index contributed by atoms with van der Waals surface area (Å²) >= 11 is 1.16. The molecule has 0 unspecified atom stereocenters. The van der Waals surface area contributed by atoms with Gasteiger partial charge < -0.3 is 4.98 Å². The maximum Gasteiger partial charge on any atom is 0.196 e. The van der Waals surface area contributed by atoms with Crippen LogP contribution in [-0.2, 0) is 4.79 Å². The van der Waals surface area contributed by atoms with E-state index in [0.717, 1.165) is 22.8 Å². The topological polar surface area (TPSA) is 45.8 Å². The van der Waals surface area contributed by atoms with Gasteiger partial charge in [-0.3, -0.25) is 4.79 Å². The van der Waals surface area contributed by atoms with E-state index in [9.17, 15) is 4.79 Å². The van der Waals surface area contributed by atoms with Gasteiger partial charge in [0, 0.05) is 6.42 Å². The molecular weight excluding hydrogens is 196 g/mol. The van der Waals surface area contributed by atoms with Crippen LogP contribution >= 0.6 is 11.8 Å². The van der Waals surface area contributed by atoms with E-state index >= 15 is 0 Å². The molecule has 0 saturated carbocycles. The van der Waals surface area contributed by atoms with Crippen molar-refractivity contribution in [2.24, 2.45) is 0 Å². The minimum Gasteiger partial charge on any atom is -0.333 e. The third kappa shape index (κ3) is 1.80. The average Bonchev–Trinajstić information content (AvgIpc) is 2.59. The summed E-state index contributed by atoms with van der Waals surface area (Å²) in [5, 5.41) is 0.808. The first kappa shape index (κ1) is 9.27. The largest absolute Gasteiger partial charge is 0.333 e. The van der Waals surface area contributed by atoms with E-state index in [1.54, 1.807) is 0 Å². The molecule has 3 nitrogen and oxygen atoms in total. The normalized spacial score (nSPS) is 10.6. The van der Waals surface area contributed by atoms with E-state index in [1.807, 2.05) is 31.2 Å². The van der Waals surface area contributed by atoms with Crippen LogP contribution in [0.15, 0.2) is 29.4 Å². The summed E-state index contributed by atoms with van der Waals surface area (Å²) in [5.41, 5.74) is 1.87. The Hall–Kier alpha value is -1.29. The first-order valence-corrected chi connectivity index (χ1v) is 5.26. The SMILES string of the molecule is CCC(=O)Sc1nc2ccccc2[nH]1. The monoisotopic (exact) mass is 206 g/mol. The number of hydrogen-bond donors (Lipinski definition) is 1. The molecule has 2 aromatic rings. The number of carbonyl (C=O) groups is 1. The predicted octanol–water partition coefficient (Wildman–Crippen LogP) is 2.59. The van der Waals surface area contributed by atoms with Crippen molar-refractivity contribution in [2.75, 3.05) is 0 Å². The third-order valence-electron chi connectivity index (χ3n) is 1.87. The van der Waals surface area contributed by atoms with Gasteiger partial charge in [-0.15, -0.1) is 0 Å². The molecule has 0 bridgehead atoms. The highest BCUT2D eigenvalue weighted by Crippen LogP contribution is 2.20. The Bertz CT molecular complexity index is 431. The minimum atomic E-state index is 0.129. The fourth-order valence-electron chi connectivity index (χ4n) is 1.16. The number of aromatic nitrogens is 2. The molecular formula is C10H10N2OS. The van der Waals surface area contributed by atoms with E-state index in [4.69, 9.17) is 0 Å². The van der Waals surface area contributed by atoms with Crippen LogP contribution in [0.25, 0.3) is 11.0 Å². The lowest BCUT2D eigenvalue weighted by molar-refractivity contribution is -0.110. The number of thioether (sulfide) groups is 1. The average molecular weight is 206 g/mol. The molecule has 1 aromatic carbocycles. The number of aromatic amines is 1. The molecule has 72 valence electrons. The van der Waals surface area contributed by atoms with Gasteiger partial charge >= 0.3 is 0 Å². The van der Waals surface area contributed by atoms with Gasteiger partial charge in [0.15, 0.2) is 10.3 Å². The number of nitrogens with zero attached hydrogens (tertiary/aromatic N) is 1. The number of hydrogen-bond acceptors (Lipinski definition) is 3. The van der Waals surface area contributed by atoms with E-state index in [2.05, 4.69) is 9.97 Å². The highest BCUT2D eigenvalue weighted by Gasteiger charge is 2.06. The molecule has 0 amide bonds. The van der Waals surface area contributed by atoms with E-state index in [-0.39, 0.29) is 5.12 Å². The first-order valence-electron chi connectivity index (χ1n) is 4.45. The van der Waals surface area contributed by atoms with Gasteiger partial charge in [0.05, 0.1) is 11.0 Å². The number of imidazole rings is 1. The molecule has 2 rings (SSSR count). The summed E-state index contributed by atoms with van der Waals surface area (Å²) < 4.78 is 0. The predicted molar refractivity (Wildman–Crippen MR) is 57.2 cm³/mol. The lowest BCUT2D eigenvalue weighted by Crippen LogP contribution is -1.87. The summed E-state index contributed by atoms with van der Waals surface area (Å²) in [6, 6.07) is 7.74. The maximum atomic E-state index is 11.2. The number of fused-ring (bicyclic) bond motifs is 1. The number of rotatable bonds is 2. The maximum absolute atomic E-state index is 11.2. The van der Waals surface area contributed by atoms with Crippen LogP contribution in [0.3, 0.4) is 0 Å². The summed E-state index contributed by atoms with van der Waals surface area (Å²) in [7, 11) is 0. The van der Waals surface area contributed by atoms with Crippen LogP contribution in [0.2, 0.25) is 0 Å². The Morgan fingerprint density at radius 1 is 1.50 bits per heavy atom. The number of nitrogens with one attached hydrogen (secondary N) is 1. The van der Waals surface area contributed by atoms with Crippen molar-refractivity contribution < 1.29 is 4.79 Å². The van der Waals surface area contributed by atoms with Crippen molar-refractivity contribution in [1.29, 1.82) is 0 Å². The van der Waals surface area contributed by atoms with Gasteiger partial charge in [0.2, 0.25) is 0 Å². The lowest BCUT2D eigenvalue weighted by Gasteiger charge is -1.90. The van der Waals surface area contributed by atoms with Gasteiger partial charge in [-0.25, -0.2) is 4.98 Å². The van der Waals surface area contributed by atoms with Crippen LogP contribution in [0, 0.1) is 0 Å². The number of para-hydroxylation sites is 2. The second kappa shape index (κ2) is 3.84. The molecule has 14 heavy (non-hydrogen) atoms. The second-order valence-electron chi connectivity index (χ2n) is 2.89. The van der Waals surface area contributed by atoms with Crippen molar-refractivity contribution in [3.8, 4) is 0 Å². The van der Waals surface area contributed by atoms with E-state index < -0.39 is 0 Å². The molecule has 1 aromatic heterocycles. The summed E-state index contributed by atoms with van der Waals surface area (Å²) in [5.74, 6) is 0. The van der Waals surface area contributed by atoms with Crippen molar-refractivity contribution >= 4 is 27.9 Å². The zero-order valence-corrected chi connectivity index (χ0v) is 8.60. The number of H-pyrrole nitrogens is 1. The fourth-order valence-corrected chi connectivity index (χ4v) is 1.82. The zero-order chi connectivity index (χ0) is 9.97. The number of benzene rings is 1. The Labute approximate surface area is 85.9 Å². The van der Waals surface area contributed by atoms with Crippen LogP contribution in [0.4, 0.5) is 0 Å². The lowest BCUT2D eigenvalue weighted by atomic mass is 10.3. The van der Waals surface area contributed by atoms with Crippen LogP contribution in [-0.4, -0.2) is 15.1 Å². The summed E-state index contributed by atoms with van der Waals surface area (Å²) in [6.45, 7) is 1.85. The Kier molecular flexibility index (Phi) is 2.54. The van der Waals surface area contributed by atoms with Crippen LogP contribution in [0.1, 0.15) is 13.3 Å². The standard InChI is InChI=1S/C10H10N2OS/c1-2-9(13)14-10-11-7-5-3-4-6-8(7)12-10/h3-6H,2H2,1H3,(H,11,12). The summed E-state index contributed by atoms with van der Waals surface area (Å²) in [6.07, 6.45) is 0.529. The zero-order valence-electron chi connectivity index (χ0n) is 7.78. The number of carbonyl (C=O) groups excluding carboxylic acids is 1. The quantitative estimate of drug-likeness (QED) is 0.768. The van der Waals surface area contributed by atoms with Crippen molar-refractivity contribution in [2.45, 2.75) is 18.5 Å². The smallest absolute Gasteiger partial charge is 0.196 e. The Balaban J connectivity index is 2.31. The minimum absolute atomic E-state index is 0.129. The van der Waals surface area contributed by atoms with Gasteiger partial charge in [-0.1, -0.05) is 19.1 Å². The third-order valence-corrected chi connectivity index (χ3v) is 2.77. The summed E-state index contributed by atoms with van der Waals surface area (Å²) in [4.78, 5) is 18.5. The molecule has 0 spiro atoms. The van der Waals surface area contributed by atoms with Gasteiger partial charge in [-0.05, 0) is 23.9 Å². The molecule has 0 aliphatic rings. The fraction of sp³-hybridized carbons (Fsp3) is 0.200. The van der Waals surface area contributed by atoms with Gasteiger partial charge in [-0.2, -0.15) is 0 Å². The van der Waals surface area contributed by atoms with Crippen molar-refractivity contribution in [3.63, 3.8) is 0 Å². The molecule has 0 radical (unpaired) electrons. The van der Waals surface area contributed by atoms with Gasteiger partial charge in [0.25, 0.3) is 0 Å². The molecule has 0 fully saturated rings. The van der Waals surface area contributed by atoms with Crippen LogP contribution in [0.5, 0.6) is 0 Å². The molecule has 0 aliphatic heterocycles. The van der Waals surface area contributed by atoms with Crippen molar-refractivity contribution in [1.82, 2.24) is 9.97 Å². The molecule has 0 aliphatic carbocycles. The van der Waals surface area contributed by atoms with Gasteiger partial charge in [0.1, 0.15) is 0 Å².